The van der Waals surface area contributed by atoms with E-state index in [2.05, 4.69) is 5.43 Å². The highest BCUT2D eigenvalue weighted by molar-refractivity contribution is 5.49. The maximum absolute atomic E-state index is 14.1. The molecule has 21 heavy (non-hydrogen) atoms. The average Bonchev–Trinajstić information content (AvgIpc) is 2.94. The van der Waals surface area contributed by atoms with Crippen molar-refractivity contribution < 1.29 is 13.5 Å². The number of fused-ring (bicyclic) bond motifs is 1. The Kier molecular flexibility index (Phi) is 3.61. The summed E-state index contributed by atoms with van der Waals surface area (Å²) in [5.41, 5.74) is 5.13. The Labute approximate surface area is 121 Å². The zero-order valence-corrected chi connectivity index (χ0v) is 11.6. The van der Waals surface area contributed by atoms with Crippen LogP contribution in [0.4, 0.5) is 8.78 Å². The van der Waals surface area contributed by atoms with Crippen LogP contribution in [0.2, 0.25) is 0 Å². The molecule has 1 heterocycles. The van der Waals surface area contributed by atoms with Gasteiger partial charge in [-0.2, -0.15) is 0 Å². The first-order valence-electron chi connectivity index (χ1n) is 6.78. The van der Waals surface area contributed by atoms with Crippen LogP contribution in [0.25, 0.3) is 0 Å². The van der Waals surface area contributed by atoms with E-state index in [4.69, 9.17) is 10.6 Å². The van der Waals surface area contributed by atoms with Gasteiger partial charge < -0.3 is 4.74 Å². The molecule has 1 atom stereocenters. The van der Waals surface area contributed by atoms with E-state index in [1.54, 1.807) is 6.92 Å². The smallest absolute Gasteiger partial charge is 0.131 e. The maximum atomic E-state index is 14.1. The molecule has 110 valence electrons. The van der Waals surface area contributed by atoms with E-state index in [9.17, 15) is 8.78 Å². The van der Waals surface area contributed by atoms with Gasteiger partial charge >= 0.3 is 0 Å². The molecule has 0 saturated heterocycles. The van der Waals surface area contributed by atoms with E-state index in [1.807, 2.05) is 18.2 Å². The van der Waals surface area contributed by atoms with E-state index in [1.165, 1.54) is 6.07 Å². The predicted molar refractivity (Wildman–Crippen MR) is 75.9 cm³/mol. The summed E-state index contributed by atoms with van der Waals surface area (Å²) in [6, 6.07) is 7.49. The molecule has 3 rings (SSSR count). The second kappa shape index (κ2) is 5.42. The summed E-state index contributed by atoms with van der Waals surface area (Å²) in [6.45, 7) is 2.20. The summed E-state index contributed by atoms with van der Waals surface area (Å²) >= 11 is 0. The number of benzene rings is 2. The number of hydrogen-bond acceptors (Lipinski definition) is 3. The van der Waals surface area contributed by atoms with Gasteiger partial charge in [-0.15, -0.1) is 0 Å². The third-order valence-electron chi connectivity index (χ3n) is 3.81. The molecule has 5 heteroatoms. The number of para-hydroxylation sites is 1. The molecule has 1 aliphatic rings. The van der Waals surface area contributed by atoms with Crippen LogP contribution in [0.15, 0.2) is 30.3 Å². The molecule has 3 N–H and O–H groups in total. The van der Waals surface area contributed by atoms with Crippen LogP contribution in [-0.2, 0) is 6.42 Å². The van der Waals surface area contributed by atoms with Crippen molar-refractivity contribution in [2.75, 3.05) is 6.61 Å². The van der Waals surface area contributed by atoms with Crippen molar-refractivity contribution in [3.05, 3.63) is 64.2 Å². The zero-order valence-electron chi connectivity index (χ0n) is 11.6. The number of aryl methyl sites for hydroxylation is 1. The number of halogens is 2. The van der Waals surface area contributed by atoms with Crippen molar-refractivity contribution in [1.82, 2.24) is 5.43 Å². The Balaban J connectivity index is 2.12. The molecular formula is C16H16F2N2O. The third-order valence-corrected chi connectivity index (χ3v) is 3.81. The molecule has 2 aromatic carbocycles. The number of rotatable bonds is 3. The monoisotopic (exact) mass is 290 g/mol. The predicted octanol–water partition coefficient (Wildman–Crippen LogP) is 2.76. The van der Waals surface area contributed by atoms with E-state index in [0.717, 1.165) is 29.4 Å². The quantitative estimate of drug-likeness (QED) is 0.675. The second-order valence-electron chi connectivity index (χ2n) is 5.16. The van der Waals surface area contributed by atoms with Crippen molar-refractivity contribution in [2.45, 2.75) is 19.4 Å². The van der Waals surface area contributed by atoms with Gasteiger partial charge in [0, 0.05) is 23.6 Å². The van der Waals surface area contributed by atoms with Gasteiger partial charge in [0.25, 0.3) is 0 Å². The van der Waals surface area contributed by atoms with Crippen molar-refractivity contribution in [2.24, 2.45) is 5.84 Å². The number of hydrazine groups is 1. The number of ether oxygens (including phenoxy) is 1. The summed E-state index contributed by atoms with van der Waals surface area (Å²) in [5.74, 6) is 5.16. The van der Waals surface area contributed by atoms with Crippen LogP contribution >= 0.6 is 0 Å². The van der Waals surface area contributed by atoms with Gasteiger partial charge in [0.2, 0.25) is 0 Å². The second-order valence-corrected chi connectivity index (χ2v) is 5.16. The Bertz CT molecular complexity index is 688. The lowest BCUT2D eigenvalue weighted by Gasteiger charge is -2.20. The van der Waals surface area contributed by atoms with Gasteiger partial charge in [-0.05, 0) is 24.1 Å². The molecule has 0 bridgehead atoms. The Morgan fingerprint density at radius 2 is 2.00 bits per heavy atom. The van der Waals surface area contributed by atoms with Gasteiger partial charge in [-0.25, -0.2) is 14.2 Å². The van der Waals surface area contributed by atoms with Gasteiger partial charge in [0.05, 0.1) is 12.6 Å². The first kappa shape index (κ1) is 14.0. The molecule has 3 nitrogen and oxygen atoms in total. The highest BCUT2D eigenvalue weighted by Crippen LogP contribution is 2.36. The minimum absolute atomic E-state index is 0.306. The van der Waals surface area contributed by atoms with Gasteiger partial charge in [-0.1, -0.05) is 18.2 Å². The third kappa shape index (κ3) is 2.39. The normalized spacial score (nSPS) is 14.7. The van der Waals surface area contributed by atoms with Crippen LogP contribution in [-0.4, -0.2) is 6.61 Å². The summed E-state index contributed by atoms with van der Waals surface area (Å²) < 4.78 is 33.2. The molecule has 0 aliphatic carbocycles. The highest BCUT2D eigenvalue weighted by atomic mass is 19.1. The standard InChI is InChI=1S/C16H16F2N2O/c1-9-7-12(14(18)8-13(9)17)15(20-19)11-4-2-3-10-5-6-21-16(10)11/h2-4,7-8,15,20H,5-6,19H2,1H3. The van der Waals surface area contributed by atoms with Gasteiger partial charge in [0.15, 0.2) is 0 Å². The minimum Gasteiger partial charge on any atom is -0.493 e. The largest absolute Gasteiger partial charge is 0.493 e. The summed E-state index contributed by atoms with van der Waals surface area (Å²) in [7, 11) is 0. The van der Waals surface area contributed by atoms with Crippen molar-refractivity contribution in [1.29, 1.82) is 0 Å². The molecule has 0 aromatic heterocycles. The van der Waals surface area contributed by atoms with Crippen molar-refractivity contribution >= 4 is 0 Å². The lowest BCUT2D eigenvalue weighted by Crippen LogP contribution is -2.30. The lowest BCUT2D eigenvalue weighted by atomic mass is 9.94. The lowest BCUT2D eigenvalue weighted by molar-refractivity contribution is 0.350. The van der Waals surface area contributed by atoms with Crippen LogP contribution < -0.4 is 16.0 Å². The minimum atomic E-state index is -0.628. The summed E-state index contributed by atoms with van der Waals surface area (Å²) in [6.07, 6.45) is 0.825. The SMILES string of the molecule is Cc1cc(C(NN)c2cccc3c2OCC3)c(F)cc1F. The van der Waals surface area contributed by atoms with E-state index < -0.39 is 17.7 Å². The van der Waals surface area contributed by atoms with Gasteiger partial charge in [0.1, 0.15) is 17.4 Å². The molecule has 0 radical (unpaired) electrons. The fourth-order valence-corrected chi connectivity index (χ4v) is 2.72. The Morgan fingerprint density at radius 3 is 2.76 bits per heavy atom. The zero-order chi connectivity index (χ0) is 15.0. The summed E-state index contributed by atoms with van der Waals surface area (Å²) in [4.78, 5) is 0. The Morgan fingerprint density at radius 1 is 1.19 bits per heavy atom. The number of nitrogens with two attached hydrogens (primary N) is 1. The van der Waals surface area contributed by atoms with E-state index in [0.29, 0.717) is 17.7 Å². The molecule has 0 saturated carbocycles. The molecule has 2 aromatic rings. The number of hydrogen-bond donors (Lipinski definition) is 2. The number of nitrogens with one attached hydrogen (secondary N) is 1. The highest BCUT2D eigenvalue weighted by Gasteiger charge is 2.25. The van der Waals surface area contributed by atoms with Crippen LogP contribution in [0.1, 0.15) is 28.3 Å². The molecule has 1 unspecified atom stereocenters. The van der Waals surface area contributed by atoms with E-state index in [-0.39, 0.29) is 0 Å². The maximum Gasteiger partial charge on any atom is 0.131 e. The molecule has 0 fully saturated rings. The molecular weight excluding hydrogens is 274 g/mol. The van der Waals surface area contributed by atoms with Crippen LogP contribution in [0.3, 0.4) is 0 Å². The molecule has 1 aliphatic heterocycles. The topological polar surface area (TPSA) is 47.3 Å². The van der Waals surface area contributed by atoms with Crippen molar-refractivity contribution in [3.63, 3.8) is 0 Å². The fraction of sp³-hybridized carbons (Fsp3) is 0.250. The molecule has 0 spiro atoms. The Hall–Kier alpha value is -1.98. The van der Waals surface area contributed by atoms with Crippen LogP contribution in [0, 0.1) is 18.6 Å². The first-order chi connectivity index (χ1) is 10.1. The summed E-state index contributed by atoms with van der Waals surface area (Å²) in [5, 5.41) is 0. The first-order valence-corrected chi connectivity index (χ1v) is 6.78. The van der Waals surface area contributed by atoms with E-state index >= 15 is 0 Å². The fourth-order valence-electron chi connectivity index (χ4n) is 2.72. The average molecular weight is 290 g/mol. The molecule has 0 amide bonds. The van der Waals surface area contributed by atoms with Gasteiger partial charge in [-0.3, -0.25) is 5.84 Å². The van der Waals surface area contributed by atoms with Crippen LogP contribution in [0.5, 0.6) is 5.75 Å². The van der Waals surface area contributed by atoms with Crippen molar-refractivity contribution in [3.8, 4) is 5.75 Å².